The zero-order valence-electron chi connectivity index (χ0n) is 22.1. The maximum absolute atomic E-state index is 14.0. The average molecular weight is 578 g/mol. The lowest BCUT2D eigenvalue weighted by Gasteiger charge is -2.43. The van der Waals surface area contributed by atoms with Crippen LogP contribution in [0.4, 0.5) is 13.2 Å². The fourth-order valence-electron chi connectivity index (χ4n) is 6.96. The van der Waals surface area contributed by atoms with Crippen molar-refractivity contribution in [2.75, 3.05) is 25.4 Å². The molecule has 2 saturated heterocycles. The third-order valence-electron chi connectivity index (χ3n) is 8.77. The normalized spacial score (nSPS) is 26.4. The van der Waals surface area contributed by atoms with E-state index in [4.69, 9.17) is 5.73 Å². The third kappa shape index (κ3) is 5.63. The van der Waals surface area contributed by atoms with Gasteiger partial charge >= 0.3 is 6.18 Å². The molecule has 3 aliphatic rings. The van der Waals surface area contributed by atoms with E-state index in [0.717, 1.165) is 44.5 Å². The Morgan fingerprint density at radius 1 is 0.950 bits per heavy atom. The van der Waals surface area contributed by atoms with E-state index in [9.17, 15) is 31.2 Å². The number of hydrogen-bond acceptors (Lipinski definition) is 5. The summed E-state index contributed by atoms with van der Waals surface area (Å²) in [6, 6.07) is 11.2. The summed E-state index contributed by atoms with van der Waals surface area (Å²) in [6.45, 7) is 2.11. The van der Waals surface area contributed by atoms with E-state index in [1.54, 1.807) is 35.2 Å². The minimum Gasteiger partial charge on any atom is -0.366 e. The van der Waals surface area contributed by atoms with Crippen LogP contribution in [0.15, 0.2) is 53.4 Å². The summed E-state index contributed by atoms with van der Waals surface area (Å²) in [5, 5.41) is 0. The lowest BCUT2D eigenvalue weighted by molar-refractivity contribution is -0.139. The number of carbonyl (C=O) groups is 2. The Kier molecular flexibility index (Phi) is 7.98. The van der Waals surface area contributed by atoms with Crippen LogP contribution in [-0.2, 0) is 20.8 Å². The highest BCUT2D eigenvalue weighted by Crippen LogP contribution is 2.43. The van der Waals surface area contributed by atoms with E-state index in [2.05, 4.69) is 4.90 Å². The van der Waals surface area contributed by atoms with Gasteiger partial charge in [-0.2, -0.15) is 13.2 Å². The molecule has 0 spiro atoms. The number of hydrogen-bond donors (Lipinski definition) is 1. The highest BCUT2D eigenvalue weighted by molar-refractivity contribution is 7.91. The van der Waals surface area contributed by atoms with E-state index >= 15 is 0 Å². The van der Waals surface area contributed by atoms with Crippen molar-refractivity contribution in [3.63, 3.8) is 0 Å². The van der Waals surface area contributed by atoms with Crippen LogP contribution >= 0.6 is 0 Å². The van der Waals surface area contributed by atoms with Crippen LogP contribution in [0.2, 0.25) is 0 Å². The van der Waals surface area contributed by atoms with Crippen molar-refractivity contribution in [3.8, 4) is 0 Å². The molecule has 0 radical (unpaired) electrons. The Hall–Kier alpha value is -2.92. The molecule has 1 saturated carbocycles. The van der Waals surface area contributed by atoms with Gasteiger partial charge in [0.2, 0.25) is 11.8 Å². The molecule has 2 aromatic carbocycles. The zero-order valence-corrected chi connectivity index (χ0v) is 23.0. The molecule has 2 amide bonds. The predicted molar refractivity (Wildman–Crippen MR) is 143 cm³/mol. The van der Waals surface area contributed by atoms with Gasteiger partial charge in [-0.15, -0.1) is 0 Å². The number of likely N-dealkylation sites (tertiary alicyclic amines) is 2. The van der Waals surface area contributed by atoms with Crippen LogP contribution in [0.1, 0.15) is 65.9 Å². The van der Waals surface area contributed by atoms with Crippen molar-refractivity contribution in [3.05, 3.63) is 65.2 Å². The smallest absolute Gasteiger partial charge is 0.366 e. The summed E-state index contributed by atoms with van der Waals surface area (Å²) in [7, 11) is -3.66. The summed E-state index contributed by atoms with van der Waals surface area (Å²) in [6.07, 6.45) is -0.535. The van der Waals surface area contributed by atoms with Crippen LogP contribution in [0, 0.1) is 5.92 Å². The Bertz CT molecular complexity index is 1360. The Morgan fingerprint density at radius 2 is 1.65 bits per heavy atom. The molecule has 40 heavy (non-hydrogen) atoms. The number of halogens is 3. The van der Waals surface area contributed by atoms with Gasteiger partial charge in [-0.05, 0) is 87.4 Å². The fourth-order valence-corrected chi connectivity index (χ4v) is 8.64. The molecule has 1 aliphatic carbocycles. The minimum absolute atomic E-state index is 0.0937. The molecule has 3 fully saturated rings. The molecule has 0 bridgehead atoms. The molecular weight excluding hydrogens is 543 g/mol. The number of alkyl halides is 3. The van der Waals surface area contributed by atoms with Crippen molar-refractivity contribution in [2.24, 2.45) is 11.7 Å². The molecule has 7 nitrogen and oxygen atoms in total. The van der Waals surface area contributed by atoms with Crippen LogP contribution in [0.25, 0.3) is 0 Å². The second-order valence-corrected chi connectivity index (χ2v) is 13.2. The number of nitrogens with two attached hydrogens (primary N) is 1. The molecule has 2 aromatic rings. The number of benzene rings is 2. The van der Waals surface area contributed by atoms with Crippen molar-refractivity contribution in [2.45, 2.75) is 67.6 Å². The lowest BCUT2D eigenvalue weighted by atomic mass is 9.81. The van der Waals surface area contributed by atoms with Gasteiger partial charge in [0.25, 0.3) is 0 Å². The monoisotopic (exact) mass is 577 g/mol. The number of amides is 2. The molecule has 2 aliphatic heterocycles. The SMILES string of the molecule is NC(=O)c1cccc(C(F)(F)F)c1[C@@H]1CCN([C@H]2CC[C@@H](N3CCCC3)C[C@H]2CS(=O)(=O)c2ccccc2)C1=O. The highest BCUT2D eigenvalue weighted by atomic mass is 32.2. The summed E-state index contributed by atoms with van der Waals surface area (Å²) in [4.78, 5) is 30.1. The largest absolute Gasteiger partial charge is 0.416 e. The maximum atomic E-state index is 14.0. The topological polar surface area (TPSA) is 101 Å². The van der Waals surface area contributed by atoms with Crippen LogP contribution in [-0.4, -0.2) is 67.5 Å². The van der Waals surface area contributed by atoms with Gasteiger partial charge in [0.05, 0.1) is 22.1 Å². The molecule has 2 heterocycles. The van der Waals surface area contributed by atoms with Gasteiger partial charge in [0.15, 0.2) is 9.84 Å². The maximum Gasteiger partial charge on any atom is 0.416 e. The molecule has 2 N–H and O–H groups in total. The average Bonchev–Trinajstić information content (AvgIpc) is 3.58. The number of nitrogens with zero attached hydrogens (tertiary/aromatic N) is 2. The number of primary amides is 1. The zero-order chi connectivity index (χ0) is 28.7. The molecule has 11 heteroatoms. The standard InChI is InChI=1S/C29H34F3N3O4S/c30-29(31,32)24-10-6-9-22(27(33)36)26(24)23-13-16-35(28(23)37)25-12-11-20(34-14-4-5-15-34)17-19(25)18-40(38,39)21-7-2-1-3-8-21/h1-3,6-10,19-20,23,25H,4-5,11-18H2,(H2,33,36)/t19-,20+,23-,25-/m0/s1. The van der Waals surface area contributed by atoms with Gasteiger partial charge in [0, 0.05) is 24.2 Å². The van der Waals surface area contributed by atoms with E-state index in [0.29, 0.717) is 12.8 Å². The minimum atomic E-state index is -4.77. The van der Waals surface area contributed by atoms with Crippen LogP contribution in [0.5, 0.6) is 0 Å². The number of carbonyl (C=O) groups excluding carboxylic acids is 2. The molecule has 216 valence electrons. The van der Waals surface area contributed by atoms with Gasteiger partial charge in [-0.1, -0.05) is 24.3 Å². The quantitative estimate of drug-likeness (QED) is 0.531. The lowest BCUT2D eigenvalue weighted by Crippen LogP contribution is -2.51. The summed E-state index contributed by atoms with van der Waals surface area (Å²) < 4.78 is 68.8. The van der Waals surface area contributed by atoms with Gasteiger partial charge < -0.3 is 15.5 Å². The van der Waals surface area contributed by atoms with E-state index < -0.39 is 45.4 Å². The Balaban J connectivity index is 1.46. The Morgan fingerprint density at radius 3 is 2.30 bits per heavy atom. The van der Waals surface area contributed by atoms with E-state index in [1.165, 1.54) is 6.07 Å². The van der Waals surface area contributed by atoms with E-state index in [-0.39, 0.29) is 46.7 Å². The van der Waals surface area contributed by atoms with Crippen LogP contribution < -0.4 is 5.73 Å². The molecule has 0 aromatic heterocycles. The van der Waals surface area contributed by atoms with Crippen LogP contribution in [0.3, 0.4) is 0 Å². The van der Waals surface area contributed by atoms with Gasteiger partial charge in [-0.25, -0.2) is 8.42 Å². The summed E-state index contributed by atoms with van der Waals surface area (Å²) in [5.41, 5.74) is 3.71. The first-order chi connectivity index (χ1) is 19.0. The predicted octanol–water partition coefficient (Wildman–Crippen LogP) is 4.23. The second kappa shape index (κ2) is 11.2. The van der Waals surface area contributed by atoms with E-state index in [1.807, 2.05) is 0 Å². The van der Waals surface area contributed by atoms with Gasteiger partial charge in [-0.3, -0.25) is 9.59 Å². The molecular formula is C29H34F3N3O4S. The number of sulfone groups is 1. The molecule has 0 unspecified atom stereocenters. The third-order valence-corrected chi connectivity index (χ3v) is 10.6. The highest BCUT2D eigenvalue weighted by Gasteiger charge is 2.47. The number of rotatable bonds is 7. The second-order valence-electron chi connectivity index (χ2n) is 11.1. The van der Waals surface area contributed by atoms with Crippen molar-refractivity contribution in [1.82, 2.24) is 9.80 Å². The first-order valence-corrected chi connectivity index (χ1v) is 15.4. The molecule has 4 atom stereocenters. The van der Waals surface area contributed by atoms with Crippen molar-refractivity contribution >= 4 is 21.7 Å². The van der Waals surface area contributed by atoms with Crippen molar-refractivity contribution < 1.29 is 31.2 Å². The fraction of sp³-hybridized carbons (Fsp3) is 0.517. The first kappa shape index (κ1) is 28.6. The van der Waals surface area contributed by atoms with Crippen molar-refractivity contribution in [1.29, 1.82) is 0 Å². The van der Waals surface area contributed by atoms with Gasteiger partial charge in [0.1, 0.15) is 0 Å². The summed E-state index contributed by atoms with van der Waals surface area (Å²) in [5.74, 6) is -3.23. The first-order valence-electron chi connectivity index (χ1n) is 13.8. The summed E-state index contributed by atoms with van der Waals surface area (Å²) >= 11 is 0. The molecule has 5 rings (SSSR count). The Labute approximate surface area is 232 Å².